The van der Waals surface area contributed by atoms with Crippen LogP contribution in [0, 0.1) is 6.92 Å². The number of nitrogens with zero attached hydrogens (tertiary/aromatic N) is 2. The van der Waals surface area contributed by atoms with E-state index in [9.17, 15) is 14.4 Å². The van der Waals surface area contributed by atoms with Crippen LogP contribution in [0.25, 0.3) is 0 Å². The molecule has 0 aliphatic carbocycles. The van der Waals surface area contributed by atoms with Gasteiger partial charge in [0.1, 0.15) is 35.2 Å². The van der Waals surface area contributed by atoms with Gasteiger partial charge in [-0.2, -0.15) is 0 Å². The molecule has 0 saturated carbocycles. The SMILES string of the molecule is COc1ccc(C(OC[C@H]2O[C@@H](n3cc(C)c(=O)[nH]c3=O)C[C@@H]2OP(SCCSC(=O)Oc2ccccc2)N2CCCC2)(c2ccccc2)c2ccc(OC)cc2)cc1. The molecule has 0 radical (unpaired) electrons. The maximum Gasteiger partial charge on any atom is 0.372 e. The lowest BCUT2D eigenvalue weighted by Gasteiger charge is -2.37. The van der Waals surface area contributed by atoms with Crippen LogP contribution in [0.15, 0.2) is 125 Å². The minimum absolute atomic E-state index is 0.0836. The Morgan fingerprint density at radius 1 is 0.814 bits per heavy atom. The smallest absolute Gasteiger partial charge is 0.372 e. The summed E-state index contributed by atoms with van der Waals surface area (Å²) in [4.78, 5) is 40.6. The molecule has 2 fully saturated rings. The number of hydrogen-bond acceptors (Lipinski definition) is 12. The van der Waals surface area contributed by atoms with Gasteiger partial charge in [0.05, 0.1) is 26.9 Å². The molecule has 1 aromatic heterocycles. The van der Waals surface area contributed by atoms with Crippen LogP contribution in [0.5, 0.6) is 17.2 Å². The minimum Gasteiger partial charge on any atom is -0.497 e. The van der Waals surface area contributed by atoms with Crippen LogP contribution in [0.1, 0.15) is 47.7 Å². The Kier molecular flexibility index (Phi) is 14.7. The number of para-hydroxylation sites is 1. The van der Waals surface area contributed by atoms with Gasteiger partial charge in [-0.15, -0.1) is 0 Å². The second-order valence-corrected chi connectivity index (χ2v) is 18.7. The summed E-state index contributed by atoms with van der Waals surface area (Å²) in [6.45, 7) is 3.53. The summed E-state index contributed by atoms with van der Waals surface area (Å²) in [5.74, 6) is 3.12. The van der Waals surface area contributed by atoms with Gasteiger partial charge in [-0.05, 0) is 84.6 Å². The Balaban J connectivity index is 1.19. The van der Waals surface area contributed by atoms with Crippen molar-refractivity contribution in [3.63, 3.8) is 0 Å². The molecule has 7 rings (SSSR count). The average molecular weight is 858 g/mol. The molecule has 3 heterocycles. The monoisotopic (exact) mass is 857 g/mol. The standard InChI is InChI=1S/C44H48N3O9PS2/c1-31-29-47(42(49)45-41(31)48)40-28-38(56-57(46-24-10-11-25-46)59-27-26-58-43(50)54-37-14-8-5-9-15-37)39(55-40)30-53-44(32-12-6-4-7-13-32,33-16-20-35(51-2)21-17-33)34-18-22-36(52-3)23-19-34/h4-9,12-23,29,38-40H,10-11,24-28,30H2,1-3H3,(H,45,48,49)/t38-,39+,40+,57?/m0/s1. The van der Waals surface area contributed by atoms with E-state index in [0.29, 0.717) is 40.7 Å². The lowest BCUT2D eigenvalue weighted by Crippen LogP contribution is -2.38. The molecule has 1 N–H and O–H groups in total. The molecule has 2 saturated heterocycles. The third-order valence-electron chi connectivity index (χ3n) is 10.3. The molecule has 2 aliphatic rings. The zero-order valence-electron chi connectivity index (χ0n) is 33.2. The number of ether oxygens (including phenoxy) is 5. The number of thioether (sulfide) groups is 1. The van der Waals surface area contributed by atoms with Crippen LogP contribution >= 0.6 is 30.6 Å². The van der Waals surface area contributed by atoms with E-state index in [-0.39, 0.29) is 11.9 Å². The van der Waals surface area contributed by atoms with Gasteiger partial charge in [0, 0.05) is 42.8 Å². The van der Waals surface area contributed by atoms with E-state index < -0.39 is 42.8 Å². The average Bonchev–Trinajstić information content (AvgIpc) is 3.95. The Morgan fingerprint density at radius 3 is 2.02 bits per heavy atom. The zero-order valence-corrected chi connectivity index (χ0v) is 35.7. The van der Waals surface area contributed by atoms with Gasteiger partial charge in [0.25, 0.3) is 5.56 Å². The van der Waals surface area contributed by atoms with E-state index in [1.54, 1.807) is 50.9 Å². The minimum atomic E-state index is -1.19. The van der Waals surface area contributed by atoms with Crippen molar-refractivity contribution in [1.29, 1.82) is 0 Å². The molecule has 0 spiro atoms. The van der Waals surface area contributed by atoms with Gasteiger partial charge in [-0.25, -0.2) is 9.59 Å². The van der Waals surface area contributed by atoms with Crippen molar-refractivity contribution in [3.8, 4) is 17.2 Å². The molecular formula is C44H48N3O9PS2. The second kappa shape index (κ2) is 20.2. The number of benzene rings is 4. The number of aromatic amines is 1. The zero-order chi connectivity index (χ0) is 41.2. The van der Waals surface area contributed by atoms with Crippen LogP contribution in [-0.4, -0.2) is 77.2 Å². The van der Waals surface area contributed by atoms with E-state index in [1.807, 2.05) is 97.1 Å². The van der Waals surface area contributed by atoms with Crippen LogP contribution < -0.4 is 25.5 Å². The van der Waals surface area contributed by atoms with Gasteiger partial charge in [0.2, 0.25) is 0 Å². The van der Waals surface area contributed by atoms with Crippen molar-refractivity contribution in [2.75, 3.05) is 45.4 Å². The topological polar surface area (TPSA) is 131 Å². The van der Waals surface area contributed by atoms with Gasteiger partial charge in [-0.1, -0.05) is 84.2 Å². The van der Waals surface area contributed by atoms with Crippen LogP contribution in [-0.2, 0) is 19.6 Å². The molecule has 12 nitrogen and oxygen atoms in total. The highest BCUT2D eigenvalue weighted by molar-refractivity contribution is 8.53. The molecule has 1 unspecified atom stereocenters. The summed E-state index contributed by atoms with van der Waals surface area (Å²) >= 11 is 2.82. The number of hydrogen-bond donors (Lipinski definition) is 1. The van der Waals surface area contributed by atoms with Crippen molar-refractivity contribution >= 4 is 35.9 Å². The highest BCUT2D eigenvalue weighted by Gasteiger charge is 2.44. The molecule has 4 atom stereocenters. The van der Waals surface area contributed by atoms with Gasteiger partial charge in [-0.3, -0.25) is 19.0 Å². The molecule has 0 amide bonds. The summed E-state index contributed by atoms with van der Waals surface area (Å²) in [7, 11) is 2.08. The van der Waals surface area contributed by atoms with Gasteiger partial charge >= 0.3 is 11.0 Å². The van der Waals surface area contributed by atoms with E-state index >= 15 is 0 Å². The van der Waals surface area contributed by atoms with Crippen molar-refractivity contribution in [3.05, 3.63) is 158 Å². The number of aryl methyl sites for hydroxylation is 1. The Labute approximate surface area is 353 Å². The summed E-state index contributed by atoms with van der Waals surface area (Å²) in [6.07, 6.45) is 2.16. The molecule has 5 aromatic rings. The third kappa shape index (κ3) is 10.3. The number of carbonyl (C=O) groups is 1. The maximum atomic E-state index is 13.2. The van der Waals surface area contributed by atoms with Crippen LogP contribution in [0.3, 0.4) is 0 Å². The Morgan fingerprint density at radius 2 is 1.41 bits per heavy atom. The summed E-state index contributed by atoms with van der Waals surface area (Å²) in [5, 5.41) is -0.357. The first-order valence-corrected chi connectivity index (χ1v) is 23.3. The normalized spacial score (nSPS) is 18.7. The molecular weight excluding hydrogens is 810 g/mol. The number of aromatic nitrogens is 2. The molecule has 0 bridgehead atoms. The fourth-order valence-electron chi connectivity index (χ4n) is 7.23. The summed E-state index contributed by atoms with van der Waals surface area (Å²) in [6, 6.07) is 34.7. The first kappa shape index (κ1) is 42.7. The number of H-pyrrole nitrogens is 1. The molecule has 2 aliphatic heterocycles. The van der Waals surface area contributed by atoms with Crippen molar-refractivity contribution in [2.24, 2.45) is 0 Å². The van der Waals surface area contributed by atoms with Crippen LogP contribution in [0.4, 0.5) is 4.79 Å². The van der Waals surface area contributed by atoms with E-state index in [1.165, 1.54) is 4.57 Å². The van der Waals surface area contributed by atoms with Crippen molar-refractivity contribution < 1.29 is 33.0 Å². The lowest BCUT2D eigenvalue weighted by molar-refractivity contribution is -0.0910. The van der Waals surface area contributed by atoms with Crippen molar-refractivity contribution in [2.45, 2.75) is 50.2 Å². The summed E-state index contributed by atoms with van der Waals surface area (Å²) < 4.78 is 41.5. The molecule has 59 heavy (non-hydrogen) atoms. The largest absolute Gasteiger partial charge is 0.497 e. The first-order chi connectivity index (χ1) is 28.8. The van der Waals surface area contributed by atoms with Crippen molar-refractivity contribution in [1.82, 2.24) is 14.2 Å². The van der Waals surface area contributed by atoms with Crippen LogP contribution in [0.2, 0.25) is 0 Å². The summed E-state index contributed by atoms with van der Waals surface area (Å²) in [5.41, 5.74) is 0.912. The number of methoxy groups -OCH3 is 2. The molecule has 310 valence electrons. The van der Waals surface area contributed by atoms with E-state index in [0.717, 1.165) is 54.4 Å². The molecule has 4 aromatic carbocycles. The third-order valence-corrected chi connectivity index (χ3v) is 15.3. The molecule has 15 heteroatoms. The van der Waals surface area contributed by atoms with Gasteiger partial charge in [0.15, 0.2) is 7.50 Å². The van der Waals surface area contributed by atoms with Gasteiger partial charge < -0.3 is 28.2 Å². The first-order valence-electron chi connectivity index (χ1n) is 19.5. The number of rotatable bonds is 17. The number of nitrogens with one attached hydrogen (secondary N) is 1. The quantitative estimate of drug-likeness (QED) is 0.0416. The van der Waals surface area contributed by atoms with E-state index in [2.05, 4.69) is 9.65 Å². The Hall–Kier alpha value is -4.40. The predicted octanol–water partition coefficient (Wildman–Crippen LogP) is 8.53. The fraction of sp³-hybridized carbons (Fsp3) is 0.341. The lowest BCUT2D eigenvalue weighted by atomic mass is 9.80. The second-order valence-electron chi connectivity index (χ2n) is 14.0. The number of carbonyl (C=O) groups excluding carboxylic acids is 1. The maximum absolute atomic E-state index is 13.2. The van der Waals surface area contributed by atoms with E-state index in [4.69, 9.17) is 28.2 Å². The Bertz CT molecular complexity index is 2190. The highest BCUT2D eigenvalue weighted by Crippen LogP contribution is 2.58. The predicted molar refractivity (Wildman–Crippen MR) is 233 cm³/mol. The highest BCUT2D eigenvalue weighted by atomic mass is 32.7. The fourth-order valence-corrected chi connectivity index (χ4v) is 12.4.